The van der Waals surface area contributed by atoms with E-state index < -0.39 is 23.5 Å². The fraction of sp³-hybridized carbons (Fsp3) is 0.273. The lowest BCUT2D eigenvalue weighted by Gasteiger charge is -2.24. The van der Waals surface area contributed by atoms with E-state index in [1.165, 1.54) is 40.9 Å². The van der Waals surface area contributed by atoms with E-state index in [2.05, 4.69) is 5.10 Å². The maximum atomic E-state index is 14.8. The Labute approximate surface area is 185 Å². The third kappa shape index (κ3) is 3.81. The summed E-state index contributed by atoms with van der Waals surface area (Å²) in [6.07, 6.45) is -1.87. The summed E-state index contributed by atoms with van der Waals surface area (Å²) in [4.78, 5) is 12.4. The normalized spacial score (nSPS) is 13.7. The fourth-order valence-electron chi connectivity index (χ4n) is 4.05. The lowest BCUT2D eigenvalue weighted by Crippen LogP contribution is -2.19. The summed E-state index contributed by atoms with van der Waals surface area (Å²) in [5.41, 5.74) is 0.0812. The van der Waals surface area contributed by atoms with Gasteiger partial charge in [0.1, 0.15) is 11.5 Å². The maximum Gasteiger partial charge on any atom is 0.418 e. The highest BCUT2D eigenvalue weighted by atomic mass is 35.5. The standard InChI is InChI=1S/C22H18ClF4N3O2/c1-29(19-14(22(25,26)27)6-4-7-15(19)23)20-13-5-2-3-8-17(13)30(28-20)18-10-9-12(21(31)32)11-16(18)24/h4,6-7,9-11H,2-3,5,8H2,1H3,(H,31,32). The Morgan fingerprint density at radius 2 is 1.91 bits per heavy atom. The molecule has 0 bridgehead atoms. The van der Waals surface area contributed by atoms with E-state index in [0.29, 0.717) is 24.1 Å². The summed E-state index contributed by atoms with van der Waals surface area (Å²) < 4.78 is 57.1. The number of aromatic carboxylic acids is 1. The Kier molecular flexibility index (Phi) is 5.62. The van der Waals surface area contributed by atoms with Crippen LogP contribution >= 0.6 is 11.6 Å². The van der Waals surface area contributed by atoms with Gasteiger partial charge in [-0.05, 0) is 56.0 Å². The predicted octanol–water partition coefficient (Wildman–Crippen LogP) is 6.03. The van der Waals surface area contributed by atoms with Crippen molar-refractivity contribution in [3.8, 4) is 5.69 Å². The Hall–Kier alpha value is -3.07. The number of para-hydroxylation sites is 1. The number of carbonyl (C=O) groups is 1. The highest BCUT2D eigenvalue weighted by Gasteiger charge is 2.37. The third-order valence-corrected chi connectivity index (χ3v) is 5.83. The monoisotopic (exact) mass is 467 g/mol. The number of hydrogen-bond acceptors (Lipinski definition) is 3. The van der Waals surface area contributed by atoms with Crippen LogP contribution in [0.25, 0.3) is 5.69 Å². The van der Waals surface area contributed by atoms with Crippen LogP contribution in [0.5, 0.6) is 0 Å². The molecule has 4 rings (SSSR count). The van der Waals surface area contributed by atoms with Crippen LogP contribution in [0.1, 0.15) is 40.0 Å². The number of rotatable bonds is 4. The Bertz CT molecular complexity index is 1210. The third-order valence-electron chi connectivity index (χ3n) is 5.53. The number of anilines is 2. The van der Waals surface area contributed by atoms with Crippen molar-refractivity contribution < 1.29 is 27.5 Å². The quantitative estimate of drug-likeness (QED) is 0.476. The van der Waals surface area contributed by atoms with Crippen LogP contribution in [0.3, 0.4) is 0 Å². The molecular formula is C22H18ClF4N3O2. The molecule has 5 nitrogen and oxygen atoms in total. The van der Waals surface area contributed by atoms with Gasteiger partial charge in [0.25, 0.3) is 0 Å². The van der Waals surface area contributed by atoms with Crippen LogP contribution in [0, 0.1) is 5.82 Å². The smallest absolute Gasteiger partial charge is 0.418 e. The van der Waals surface area contributed by atoms with Gasteiger partial charge < -0.3 is 10.0 Å². The minimum atomic E-state index is -4.63. The zero-order valence-corrected chi connectivity index (χ0v) is 17.6. The summed E-state index contributed by atoms with van der Waals surface area (Å²) in [6.45, 7) is 0. The van der Waals surface area contributed by atoms with Crippen molar-refractivity contribution >= 4 is 29.1 Å². The molecule has 0 spiro atoms. The van der Waals surface area contributed by atoms with Crippen molar-refractivity contribution in [3.63, 3.8) is 0 Å². The van der Waals surface area contributed by atoms with Crippen LogP contribution in [0.2, 0.25) is 5.02 Å². The number of fused-ring (bicyclic) bond motifs is 1. The zero-order valence-electron chi connectivity index (χ0n) is 16.9. The molecule has 1 aliphatic carbocycles. The number of halogens is 5. The summed E-state index contributed by atoms with van der Waals surface area (Å²) >= 11 is 6.17. The average molecular weight is 468 g/mol. The molecule has 0 fully saturated rings. The average Bonchev–Trinajstić information content (AvgIpc) is 3.12. The molecule has 1 N–H and O–H groups in total. The van der Waals surface area contributed by atoms with Gasteiger partial charge in [0.05, 0.1) is 21.8 Å². The van der Waals surface area contributed by atoms with Crippen molar-refractivity contribution in [3.05, 3.63) is 69.6 Å². The number of carboxylic acids is 1. The Balaban J connectivity index is 1.89. The van der Waals surface area contributed by atoms with Crippen LogP contribution in [0.4, 0.5) is 29.1 Å². The van der Waals surface area contributed by atoms with E-state index in [9.17, 15) is 22.4 Å². The molecule has 32 heavy (non-hydrogen) atoms. The highest BCUT2D eigenvalue weighted by molar-refractivity contribution is 6.33. The Morgan fingerprint density at radius 1 is 1.19 bits per heavy atom. The van der Waals surface area contributed by atoms with E-state index in [1.54, 1.807) is 0 Å². The van der Waals surface area contributed by atoms with E-state index in [-0.39, 0.29) is 27.8 Å². The van der Waals surface area contributed by atoms with E-state index >= 15 is 0 Å². The number of benzene rings is 2. The molecule has 0 amide bonds. The van der Waals surface area contributed by atoms with Gasteiger partial charge in [-0.15, -0.1) is 5.10 Å². The van der Waals surface area contributed by atoms with Gasteiger partial charge in [-0.2, -0.15) is 13.2 Å². The van der Waals surface area contributed by atoms with Gasteiger partial charge >= 0.3 is 12.1 Å². The molecule has 0 aliphatic heterocycles. The van der Waals surface area contributed by atoms with E-state index in [4.69, 9.17) is 16.7 Å². The summed E-state index contributed by atoms with van der Waals surface area (Å²) in [7, 11) is 1.45. The number of carboxylic acid groups (broad SMARTS) is 1. The minimum Gasteiger partial charge on any atom is -0.478 e. The van der Waals surface area contributed by atoms with Crippen molar-refractivity contribution in [2.45, 2.75) is 31.9 Å². The van der Waals surface area contributed by atoms with Crippen LogP contribution in [-0.4, -0.2) is 27.9 Å². The van der Waals surface area contributed by atoms with Gasteiger partial charge in [-0.3, -0.25) is 0 Å². The van der Waals surface area contributed by atoms with Gasteiger partial charge in [0, 0.05) is 18.3 Å². The highest BCUT2D eigenvalue weighted by Crippen LogP contribution is 2.44. The van der Waals surface area contributed by atoms with Crippen molar-refractivity contribution in [1.82, 2.24) is 9.78 Å². The second kappa shape index (κ2) is 8.12. The van der Waals surface area contributed by atoms with Crippen molar-refractivity contribution in [2.75, 3.05) is 11.9 Å². The number of alkyl halides is 3. The van der Waals surface area contributed by atoms with Gasteiger partial charge in [-0.1, -0.05) is 17.7 Å². The Morgan fingerprint density at radius 3 is 2.56 bits per heavy atom. The topological polar surface area (TPSA) is 58.4 Å². The summed E-state index contributed by atoms with van der Waals surface area (Å²) in [5, 5.41) is 13.5. The lowest BCUT2D eigenvalue weighted by molar-refractivity contribution is -0.137. The van der Waals surface area contributed by atoms with E-state index in [1.807, 2.05) is 0 Å². The molecule has 1 heterocycles. The molecule has 0 radical (unpaired) electrons. The molecule has 0 saturated heterocycles. The first-order valence-electron chi connectivity index (χ1n) is 9.83. The predicted molar refractivity (Wildman–Crippen MR) is 112 cm³/mol. The van der Waals surface area contributed by atoms with Crippen LogP contribution in [-0.2, 0) is 19.0 Å². The molecule has 3 aromatic rings. The lowest BCUT2D eigenvalue weighted by atomic mass is 9.96. The largest absolute Gasteiger partial charge is 0.478 e. The van der Waals surface area contributed by atoms with Gasteiger partial charge in [0.2, 0.25) is 0 Å². The molecule has 0 saturated carbocycles. The summed E-state index contributed by atoms with van der Waals surface area (Å²) in [6, 6.07) is 7.02. The molecule has 168 valence electrons. The van der Waals surface area contributed by atoms with Crippen molar-refractivity contribution in [2.24, 2.45) is 0 Å². The zero-order chi connectivity index (χ0) is 23.2. The SMILES string of the molecule is CN(c1nn(-c2ccc(C(=O)O)cc2F)c2c1CCCC2)c1c(Cl)cccc1C(F)(F)F. The van der Waals surface area contributed by atoms with Crippen LogP contribution in [0.15, 0.2) is 36.4 Å². The first kappa shape index (κ1) is 22.1. The molecule has 10 heteroatoms. The molecule has 2 aromatic carbocycles. The molecule has 0 unspecified atom stereocenters. The minimum absolute atomic E-state index is 0.0306. The fourth-order valence-corrected chi connectivity index (χ4v) is 4.35. The van der Waals surface area contributed by atoms with E-state index in [0.717, 1.165) is 25.0 Å². The second-order valence-electron chi connectivity index (χ2n) is 7.53. The number of aromatic nitrogens is 2. The van der Waals surface area contributed by atoms with Crippen LogP contribution < -0.4 is 4.90 Å². The first-order chi connectivity index (χ1) is 15.1. The summed E-state index contributed by atoms with van der Waals surface area (Å²) in [5.74, 6) is -1.81. The molecule has 1 aromatic heterocycles. The maximum absolute atomic E-state index is 14.8. The number of hydrogen-bond donors (Lipinski definition) is 1. The second-order valence-corrected chi connectivity index (χ2v) is 7.94. The molecular weight excluding hydrogens is 450 g/mol. The van der Waals surface area contributed by atoms with Crippen molar-refractivity contribution in [1.29, 1.82) is 0 Å². The number of nitrogens with zero attached hydrogens (tertiary/aromatic N) is 3. The molecule has 1 aliphatic rings. The molecule has 0 atom stereocenters. The van der Waals surface area contributed by atoms with Gasteiger partial charge in [-0.25, -0.2) is 13.9 Å². The van der Waals surface area contributed by atoms with Gasteiger partial charge in [0.15, 0.2) is 5.82 Å². The first-order valence-corrected chi connectivity index (χ1v) is 10.2.